The van der Waals surface area contributed by atoms with Crippen LogP contribution in [0.1, 0.15) is 25.7 Å². The Kier molecular flexibility index (Phi) is 4.70. The van der Waals surface area contributed by atoms with E-state index in [1.54, 1.807) is 18.2 Å². The van der Waals surface area contributed by atoms with Crippen LogP contribution in [0.4, 0.5) is 17.2 Å². The Morgan fingerprint density at radius 2 is 1.78 bits per heavy atom. The number of anilines is 3. The Hall–Kier alpha value is -2.67. The van der Waals surface area contributed by atoms with Crippen LogP contribution in [0.2, 0.25) is 0 Å². The molecule has 3 aromatic rings. The molecule has 2 aromatic carbocycles. The van der Waals surface area contributed by atoms with Gasteiger partial charge in [-0.3, -0.25) is 0 Å². The van der Waals surface area contributed by atoms with E-state index >= 15 is 0 Å². The molecule has 1 fully saturated rings. The molecule has 0 aliphatic heterocycles. The summed E-state index contributed by atoms with van der Waals surface area (Å²) < 4.78 is 23.8. The predicted octanol–water partition coefficient (Wildman–Crippen LogP) is 4.13. The van der Waals surface area contributed by atoms with Crippen LogP contribution in [0.3, 0.4) is 0 Å². The molecule has 6 nitrogen and oxygen atoms in total. The van der Waals surface area contributed by atoms with Gasteiger partial charge in [-0.05, 0) is 49.2 Å². The van der Waals surface area contributed by atoms with E-state index in [9.17, 15) is 8.42 Å². The van der Waals surface area contributed by atoms with Gasteiger partial charge in [-0.2, -0.15) is 0 Å². The van der Waals surface area contributed by atoms with Crippen molar-refractivity contribution in [3.63, 3.8) is 0 Å². The number of fused-ring (bicyclic) bond motifs is 1. The summed E-state index contributed by atoms with van der Waals surface area (Å²) in [6.45, 7) is 0. The lowest BCUT2D eigenvalue weighted by atomic mass is 10.2. The zero-order chi connectivity index (χ0) is 18.9. The first kappa shape index (κ1) is 17.7. The highest BCUT2D eigenvalue weighted by molar-refractivity contribution is 7.90. The number of hydrogen-bond donors (Lipinski definition) is 2. The Bertz CT molecular complexity index is 1080. The van der Waals surface area contributed by atoms with E-state index in [2.05, 4.69) is 26.7 Å². The maximum Gasteiger partial charge on any atom is 0.175 e. The van der Waals surface area contributed by atoms with Crippen LogP contribution in [-0.2, 0) is 9.84 Å². The summed E-state index contributed by atoms with van der Waals surface area (Å²) in [6, 6.07) is 13.5. The molecule has 0 radical (unpaired) electrons. The molecule has 0 unspecified atom stereocenters. The third-order valence-electron chi connectivity index (χ3n) is 4.89. The number of hydrogen-bond acceptors (Lipinski definition) is 6. The highest BCUT2D eigenvalue weighted by atomic mass is 32.2. The average molecular weight is 382 g/mol. The molecule has 7 heteroatoms. The van der Waals surface area contributed by atoms with Crippen molar-refractivity contribution < 1.29 is 8.42 Å². The van der Waals surface area contributed by atoms with Crippen LogP contribution in [-0.4, -0.2) is 30.7 Å². The Labute approximate surface area is 159 Å². The van der Waals surface area contributed by atoms with Crippen molar-refractivity contribution in [3.05, 3.63) is 48.8 Å². The maximum absolute atomic E-state index is 11.9. The molecule has 2 N–H and O–H groups in total. The van der Waals surface area contributed by atoms with Gasteiger partial charge in [0.1, 0.15) is 12.1 Å². The Morgan fingerprint density at radius 1 is 1.00 bits per heavy atom. The van der Waals surface area contributed by atoms with Crippen LogP contribution in [0.15, 0.2) is 53.7 Å². The molecule has 1 saturated carbocycles. The molecule has 27 heavy (non-hydrogen) atoms. The van der Waals surface area contributed by atoms with Gasteiger partial charge in [0.25, 0.3) is 0 Å². The lowest BCUT2D eigenvalue weighted by molar-refractivity contribution is 0.602. The average Bonchev–Trinajstić information content (AvgIpc) is 3.14. The maximum atomic E-state index is 11.9. The second-order valence-corrected chi connectivity index (χ2v) is 9.02. The molecule has 140 valence electrons. The summed E-state index contributed by atoms with van der Waals surface area (Å²) in [6.07, 6.45) is 7.66. The van der Waals surface area contributed by atoms with Crippen molar-refractivity contribution in [1.29, 1.82) is 0 Å². The first-order valence-electron chi connectivity index (χ1n) is 9.07. The smallest absolute Gasteiger partial charge is 0.175 e. The fourth-order valence-electron chi connectivity index (χ4n) is 3.50. The molecule has 4 rings (SSSR count). The Morgan fingerprint density at radius 3 is 2.56 bits per heavy atom. The van der Waals surface area contributed by atoms with Gasteiger partial charge in [0.05, 0.1) is 10.4 Å². The minimum absolute atomic E-state index is 0.254. The zero-order valence-electron chi connectivity index (χ0n) is 15.1. The first-order valence-corrected chi connectivity index (χ1v) is 11.0. The van der Waals surface area contributed by atoms with Gasteiger partial charge in [-0.15, -0.1) is 0 Å². The molecule has 0 atom stereocenters. The number of nitrogens with one attached hydrogen (secondary N) is 2. The highest BCUT2D eigenvalue weighted by Crippen LogP contribution is 2.28. The van der Waals surface area contributed by atoms with E-state index in [-0.39, 0.29) is 4.90 Å². The lowest BCUT2D eigenvalue weighted by Gasteiger charge is -2.15. The molecular formula is C20H22N4O2S. The lowest BCUT2D eigenvalue weighted by Crippen LogP contribution is -2.14. The molecule has 0 bridgehead atoms. The predicted molar refractivity (Wildman–Crippen MR) is 108 cm³/mol. The number of aromatic nitrogens is 2. The second kappa shape index (κ2) is 7.15. The first-order chi connectivity index (χ1) is 13.0. The fraction of sp³-hybridized carbons (Fsp3) is 0.300. The third kappa shape index (κ3) is 4.03. The zero-order valence-corrected chi connectivity index (χ0v) is 16.0. The molecule has 0 saturated heterocycles. The quantitative estimate of drug-likeness (QED) is 0.690. The molecule has 0 amide bonds. The van der Waals surface area contributed by atoms with Gasteiger partial charge in [0.2, 0.25) is 0 Å². The van der Waals surface area contributed by atoms with Gasteiger partial charge in [0, 0.05) is 29.1 Å². The van der Waals surface area contributed by atoms with E-state index in [0.717, 1.165) is 11.4 Å². The summed E-state index contributed by atoms with van der Waals surface area (Å²) in [4.78, 5) is 8.81. The second-order valence-electron chi connectivity index (χ2n) is 7.00. The summed E-state index contributed by atoms with van der Waals surface area (Å²) in [5.74, 6) is 0.587. The fourth-order valence-corrected chi connectivity index (χ4v) is 4.14. The number of rotatable bonds is 5. The van der Waals surface area contributed by atoms with E-state index < -0.39 is 9.84 Å². The van der Waals surface area contributed by atoms with Gasteiger partial charge in [-0.25, -0.2) is 18.4 Å². The van der Waals surface area contributed by atoms with Crippen molar-refractivity contribution in [2.24, 2.45) is 0 Å². The van der Waals surface area contributed by atoms with E-state index in [0.29, 0.717) is 22.8 Å². The van der Waals surface area contributed by atoms with Crippen LogP contribution < -0.4 is 10.6 Å². The van der Waals surface area contributed by atoms with Gasteiger partial charge in [-0.1, -0.05) is 18.9 Å². The minimum Gasteiger partial charge on any atom is -0.382 e. The monoisotopic (exact) mass is 382 g/mol. The summed E-state index contributed by atoms with van der Waals surface area (Å²) in [5.41, 5.74) is 2.66. The van der Waals surface area contributed by atoms with E-state index in [1.807, 2.05) is 18.2 Å². The van der Waals surface area contributed by atoms with Crippen molar-refractivity contribution in [2.45, 2.75) is 36.6 Å². The topological polar surface area (TPSA) is 84.0 Å². The summed E-state index contributed by atoms with van der Waals surface area (Å²) in [7, 11) is -3.30. The number of sulfone groups is 1. The normalized spacial score (nSPS) is 15.1. The van der Waals surface area contributed by atoms with Crippen molar-refractivity contribution >= 4 is 37.9 Å². The SMILES string of the molecule is CS(=O)(=O)c1ccc2ncnc(Nc3cccc(NC4CCCC4)c3)c2c1. The molecule has 1 aliphatic carbocycles. The number of benzene rings is 2. The van der Waals surface area contributed by atoms with Crippen LogP contribution in [0, 0.1) is 0 Å². The molecule has 1 aromatic heterocycles. The standard InChI is InChI=1S/C20H22N4O2S/c1-27(25,26)17-9-10-19-18(12-17)20(22-13-21-19)24-16-8-4-7-15(11-16)23-14-5-2-3-6-14/h4,7-14,23H,2-3,5-6H2,1H3,(H,21,22,24). The van der Waals surface area contributed by atoms with Gasteiger partial charge >= 0.3 is 0 Å². The number of nitrogens with zero attached hydrogens (tertiary/aromatic N) is 2. The molecule has 0 spiro atoms. The highest BCUT2D eigenvalue weighted by Gasteiger charge is 2.15. The summed E-state index contributed by atoms with van der Waals surface area (Å²) >= 11 is 0. The molecule has 1 aliphatic rings. The van der Waals surface area contributed by atoms with E-state index in [4.69, 9.17) is 0 Å². The van der Waals surface area contributed by atoms with Gasteiger partial charge in [0.15, 0.2) is 9.84 Å². The minimum atomic E-state index is -3.30. The van der Waals surface area contributed by atoms with Crippen molar-refractivity contribution in [2.75, 3.05) is 16.9 Å². The molecule has 1 heterocycles. The largest absolute Gasteiger partial charge is 0.382 e. The van der Waals surface area contributed by atoms with Crippen LogP contribution in [0.5, 0.6) is 0 Å². The van der Waals surface area contributed by atoms with Crippen molar-refractivity contribution in [1.82, 2.24) is 9.97 Å². The third-order valence-corrected chi connectivity index (χ3v) is 6.00. The molecular weight excluding hydrogens is 360 g/mol. The van der Waals surface area contributed by atoms with Crippen LogP contribution >= 0.6 is 0 Å². The Balaban J connectivity index is 1.65. The van der Waals surface area contributed by atoms with Crippen LogP contribution in [0.25, 0.3) is 10.9 Å². The summed E-state index contributed by atoms with van der Waals surface area (Å²) in [5, 5.41) is 7.56. The van der Waals surface area contributed by atoms with Gasteiger partial charge < -0.3 is 10.6 Å². The van der Waals surface area contributed by atoms with Crippen molar-refractivity contribution in [3.8, 4) is 0 Å². The van der Waals surface area contributed by atoms with E-state index in [1.165, 1.54) is 38.3 Å².